The van der Waals surface area contributed by atoms with Crippen molar-refractivity contribution in [2.24, 2.45) is 5.41 Å². The molecule has 2 rings (SSSR count). The van der Waals surface area contributed by atoms with Gasteiger partial charge < -0.3 is 0 Å². The number of hydrogen-bond donors (Lipinski definition) is 0. The molecule has 0 N–H and O–H groups in total. The van der Waals surface area contributed by atoms with Gasteiger partial charge in [0.05, 0.1) is 0 Å². The molecule has 1 unspecified atom stereocenters. The van der Waals surface area contributed by atoms with Gasteiger partial charge >= 0.3 is 0 Å². The maximum absolute atomic E-state index is 2.42. The minimum atomic E-state index is 0.360. The molecule has 0 nitrogen and oxygen atoms in total. The Kier molecular flexibility index (Phi) is 3.14. The summed E-state index contributed by atoms with van der Waals surface area (Å²) in [5, 5.41) is 0. The third-order valence-corrected chi connectivity index (χ3v) is 3.93. The third kappa shape index (κ3) is 2.51. The SMILES string of the molecule is CC([B]c1ccc2c(c1)CCC2)C(C)(C)C. The van der Waals surface area contributed by atoms with Gasteiger partial charge in [0.25, 0.3) is 0 Å². The molecular formula is C15H22B. The predicted octanol–water partition coefficient (Wildman–Crippen LogP) is 3.36. The first-order valence-corrected chi connectivity index (χ1v) is 6.43. The number of rotatable bonds is 2. The molecule has 0 spiro atoms. The van der Waals surface area contributed by atoms with Crippen molar-refractivity contribution >= 4 is 12.7 Å². The third-order valence-electron chi connectivity index (χ3n) is 3.93. The van der Waals surface area contributed by atoms with E-state index in [0.29, 0.717) is 11.2 Å². The van der Waals surface area contributed by atoms with E-state index >= 15 is 0 Å². The van der Waals surface area contributed by atoms with Crippen molar-refractivity contribution in [1.29, 1.82) is 0 Å². The topological polar surface area (TPSA) is 0 Å². The quantitative estimate of drug-likeness (QED) is 0.661. The van der Waals surface area contributed by atoms with Crippen LogP contribution in [0.3, 0.4) is 0 Å². The average molecular weight is 213 g/mol. The number of benzene rings is 1. The molecule has 1 aromatic rings. The molecule has 0 heterocycles. The van der Waals surface area contributed by atoms with Crippen molar-refractivity contribution in [3.8, 4) is 0 Å². The summed E-state index contributed by atoms with van der Waals surface area (Å²) >= 11 is 0. The van der Waals surface area contributed by atoms with Crippen LogP contribution in [0.15, 0.2) is 18.2 Å². The first kappa shape index (κ1) is 11.8. The van der Waals surface area contributed by atoms with Gasteiger partial charge in [0, 0.05) is 0 Å². The molecule has 1 heteroatoms. The lowest BCUT2D eigenvalue weighted by Crippen LogP contribution is -2.26. The van der Waals surface area contributed by atoms with Crippen molar-refractivity contribution in [3.05, 3.63) is 29.3 Å². The first-order chi connectivity index (χ1) is 7.47. The van der Waals surface area contributed by atoms with Gasteiger partial charge in [-0.15, -0.1) is 0 Å². The molecule has 0 bridgehead atoms. The highest BCUT2D eigenvalue weighted by Gasteiger charge is 2.21. The van der Waals surface area contributed by atoms with Gasteiger partial charge in [-0.2, -0.15) is 0 Å². The summed E-state index contributed by atoms with van der Waals surface area (Å²) in [5.74, 6) is 0.618. The summed E-state index contributed by atoms with van der Waals surface area (Å²) in [6.07, 6.45) is 3.90. The van der Waals surface area contributed by atoms with Crippen LogP contribution in [0, 0.1) is 5.41 Å². The Hall–Kier alpha value is -0.715. The molecular weight excluding hydrogens is 191 g/mol. The molecule has 1 aliphatic rings. The van der Waals surface area contributed by atoms with Gasteiger partial charge in [0.15, 0.2) is 7.28 Å². The molecule has 1 aliphatic carbocycles. The zero-order valence-electron chi connectivity index (χ0n) is 11.0. The maximum Gasteiger partial charge on any atom is 0.155 e. The predicted molar refractivity (Wildman–Crippen MR) is 72.7 cm³/mol. The number of fused-ring (bicyclic) bond motifs is 1. The second-order valence-corrected chi connectivity index (χ2v) is 6.20. The monoisotopic (exact) mass is 213 g/mol. The maximum atomic E-state index is 2.42. The zero-order valence-corrected chi connectivity index (χ0v) is 11.0. The van der Waals surface area contributed by atoms with E-state index in [-0.39, 0.29) is 0 Å². The van der Waals surface area contributed by atoms with Crippen molar-refractivity contribution in [1.82, 2.24) is 0 Å². The minimum Gasteiger partial charge on any atom is -0.0872 e. The first-order valence-electron chi connectivity index (χ1n) is 6.43. The van der Waals surface area contributed by atoms with Gasteiger partial charge in [-0.3, -0.25) is 0 Å². The fourth-order valence-electron chi connectivity index (χ4n) is 2.23. The van der Waals surface area contributed by atoms with Crippen LogP contribution in [0.2, 0.25) is 5.82 Å². The smallest absolute Gasteiger partial charge is 0.0872 e. The highest BCUT2D eigenvalue weighted by molar-refractivity contribution is 6.55. The van der Waals surface area contributed by atoms with E-state index in [2.05, 4.69) is 53.2 Å². The van der Waals surface area contributed by atoms with Crippen LogP contribution in [0.25, 0.3) is 0 Å². The van der Waals surface area contributed by atoms with Crippen LogP contribution < -0.4 is 5.46 Å². The van der Waals surface area contributed by atoms with Crippen LogP contribution in [0.4, 0.5) is 0 Å². The summed E-state index contributed by atoms with van der Waals surface area (Å²) in [7, 11) is 2.42. The number of hydrogen-bond acceptors (Lipinski definition) is 0. The van der Waals surface area contributed by atoms with Gasteiger partial charge in [-0.05, 0) is 35.8 Å². The van der Waals surface area contributed by atoms with E-state index in [1.165, 1.54) is 24.7 Å². The molecule has 1 radical (unpaired) electrons. The fraction of sp³-hybridized carbons (Fsp3) is 0.600. The Morgan fingerprint density at radius 1 is 1.12 bits per heavy atom. The molecule has 0 amide bonds. The minimum absolute atomic E-state index is 0.360. The lowest BCUT2D eigenvalue weighted by atomic mass is 9.52. The van der Waals surface area contributed by atoms with E-state index in [4.69, 9.17) is 0 Å². The molecule has 0 saturated heterocycles. The van der Waals surface area contributed by atoms with Crippen LogP contribution >= 0.6 is 0 Å². The Bertz CT molecular complexity index is 374. The van der Waals surface area contributed by atoms with Crippen LogP contribution in [-0.2, 0) is 12.8 Å². The van der Waals surface area contributed by atoms with Crippen LogP contribution in [0.5, 0.6) is 0 Å². The van der Waals surface area contributed by atoms with E-state index in [9.17, 15) is 0 Å². The molecule has 0 fully saturated rings. The molecule has 16 heavy (non-hydrogen) atoms. The molecule has 0 aliphatic heterocycles. The van der Waals surface area contributed by atoms with Crippen molar-refractivity contribution in [3.63, 3.8) is 0 Å². The van der Waals surface area contributed by atoms with E-state index in [0.717, 1.165) is 0 Å². The number of aryl methyl sites for hydroxylation is 2. The van der Waals surface area contributed by atoms with E-state index < -0.39 is 0 Å². The van der Waals surface area contributed by atoms with Gasteiger partial charge in [-0.1, -0.05) is 57.2 Å². The second kappa shape index (κ2) is 4.27. The second-order valence-electron chi connectivity index (χ2n) is 6.20. The Morgan fingerprint density at radius 3 is 2.50 bits per heavy atom. The normalized spacial score (nSPS) is 17.0. The van der Waals surface area contributed by atoms with Crippen LogP contribution in [0.1, 0.15) is 45.2 Å². The Morgan fingerprint density at radius 2 is 1.81 bits per heavy atom. The van der Waals surface area contributed by atoms with Gasteiger partial charge in [0.2, 0.25) is 0 Å². The molecule has 1 aromatic carbocycles. The van der Waals surface area contributed by atoms with Crippen molar-refractivity contribution < 1.29 is 0 Å². The largest absolute Gasteiger partial charge is 0.155 e. The van der Waals surface area contributed by atoms with Crippen molar-refractivity contribution in [2.75, 3.05) is 0 Å². The summed E-state index contributed by atoms with van der Waals surface area (Å²) < 4.78 is 0. The Balaban J connectivity index is 2.11. The summed E-state index contributed by atoms with van der Waals surface area (Å²) in [6.45, 7) is 9.23. The summed E-state index contributed by atoms with van der Waals surface area (Å²) in [5.41, 5.74) is 4.91. The van der Waals surface area contributed by atoms with E-state index in [1.54, 1.807) is 11.1 Å². The summed E-state index contributed by atoms with van der Waals surface area (Å²) in [6, 6.07) is 7.00. The van der Waals surface area contributed by atoms with Gasteiger partial charge in [-0.25, -0.2) is 0 Å². The average Bonchev–Trinajstić information content (AvgIpc) is 2.63. The van der Waals surface area contributed by atoms with E-state index in [1.807, 2.05) is 0 Å². The summed E-state index contributed by atoms with van der Waals surface area (Å²) in [4.78, 5) is 0. The standard InChI is InChI=1S/C15H22B/c1-11(15(2,3)4)16-14-9-8-12-6-5-7-13(12)10-14/h8-11H,5-7H2,1-4H3. The lowest BCUT2D eigenvalue weighted by molar-refractivity contribution is 0.396. The zero-order chi connectivity index (χ0) is 11.8. The molecule has 1 atom stereocenters. The highest BCUT2D eigenvalue weighted by atomic mass is 14.2. The van der Waals surface area contributed by atoms with Gasteiger partial charge in [0.1, 0.15) is 0 Å². The molecule has 0 saturated carbocycles. The molecule has 0 aromatic heterocycles. The molecule has 85 valence electrons. The van der Waals surface area contributed by atoms with Crippen LogP contribution in [-0.4, -0.2) is 7.28 Å². The Labute approximate surface area is 101 Å². The van der Waals surface area contributed by atoms with Crippen molar-refractivity contribution in [2.45, 2.75) is 52.8 Å². The highest BCUT2D eigenvalue weighted by Crippen LogP contribution is 2.29. The lowest BCUT2D eigenvalue weighted by Gasteiger charge is -2.26. The fourth-order valence-corrected chi connectivity index (χ4v) is 2.23.